The molecule has 0 atom stereocenters. The van der Waals surface area contributed by atoms with Gasteiger partial charge < -0.3 is 19.8 Å². The molecule has 1 aliphatic heterocycles. The van der Waals surface area contributed by atoms with Crippen molar-refractivity contribution in [3.05, 3.63) is 66.9 Å². The first kappa shape index (κ1) is 18.2. The Kier molecular flexibility index (Phi) is 4.25. The van der Waals surface area contributed by atoms with E-state index in [1.165, 1.54) is 16.6 Å². The molecule has 1 saturated heterocycles. The van der Waals surface area contributed by atoms with Crippen LogP contribution in [0, 0.1) is 0 Å². The number of aromatic amines is 2. The number of rotatable bonds is 3. The number of nitrogens with zero attached hydrogens (tertiary/aromatic N) is 4. The van der Waals surface area contributed by atoms with Crippen LogP contribution in [-0.4, -0.2) is 58.1 Å². The minimum absolute atomic E-state index is 0.793. The second-order valence-corrected chi connectivity index (χ2v) is 8.28. The number of hydrogen-bond acceptors (Lipinski definition) is 4. The van der Waals surface area contributed by atoms with Gasteiger partial charge >= 0.3 is 0 Å². The topological polar surface area (TPSA) is 63.8 Å². The number of pyridine rings is 1. The minimum Gasteiger partial charge on any atom is -0.369 e. The van der Waals surface area contributed by atoms with Crippen LogP contribution < -0.4 is 4.90 Å². The molecule has 0 radical (unpaired) electrons. The van der Waals surface area contributed by atoms with Crippen LogP contribution >= 0.6 is 0 Å². The van der Waals surface area contributed by atoms with Crippen LogP contribution in [0.25, 0.3) is 44.7 Å². The van der Waals surface area contributed by atoms with E-state index in [0.29, 0.717) is 0 Å². The highest BCUT2D eigenvalue weighted by molar-refractivity contribution is 5.90. The molecule has 3 aromatic heterocycles. The Morgan fingerprint density at radius 3 is 2.58 bits per heavy atom. The number of nitrogens with one attached hydrogen (secondary N) is 2. The maximum atomic E-state index is 4.69. The SMILES string of the molecule is CN1CCN(c2ccc3cc(-c4ccc5nc(-c6ccccn6)[nH]c5c4)[nH]c3c2)CC1. The van der Waals surface area contributed by atoms with E-state index >= 15 is 0 Å². The third kappa shape index (κ3) is 3.35. The molecule has 1 fully saturated rings. The standard InChI is InChI=1S/C25H24N6/c1-30-10-12-31(13-11-30)19-7-5-17-14-22(27-23(17)16-19)18-6-8-20-24(15-18)29-25(28-20)21-4-2-3-9-26-21/h2-9,14-16,27H,10-13H2,1H3,(H,28,29). The van der Waals surface area contributed by atoms with E-state index in [-0.39, 0.29) is 0 Å². The van der Waals surface area contributed by atoms with Crippen molar-refractivity contribution in [2.75, 3.05) is 38.1 Å². The van der Waals surface area contributed by atoms with Crippen LogP contribution in [0.4, 0.5) is 5.69 Å². The fraction of sp³-hybridized carbons (Fsp3) is 0.200. The quantitative estimate of drug-likeness (QED) is 0.461. The Morgan fingerprint density at radius 2 is 1.74 bits per heavy atom. The number of fused-ring (bicyclic) bond motifs is 2. The highest BCUT2D eigenvalue weighted by Gasteiger charge is 2.15. The third-order valence-electron chi connectivity index (χ3n) is 6.17. The summed E-state index contributed by atoms with van der Waals surface area (Å²) in [6.07, 6.45) is 1.79. The smallest absolute Gasteiger partial charge is 0.157 e. The highest BCUT2D eigenvalue weighted by atomic mass is 15.2. The molecule has 6 rings (SSSR count). The molecule has 0 aliphatic carbocycles. The van der Waals surface area contributed by atoms with E-state index in [2.05, 4.69) is 74.3 Å². The maximum absolute atomic E-state index is 4.69. The summed E-state index contributed by atoms with van der Waals surface area (Å²) in [6, 6.07) is 21.1. The summed E-state index contributed by atoms with van der Waals surface area (Å²) in [7, 11) is 2.19. The molecule has 0 saturated carbocycles. The summed E-state index contributed by atoms with van der Waals surface area (Å²) in [5, 5.41) is 1.23. The van der Waals surface area contributed by atoms with Crippen molar-refractivity contribution >= 4 is 27.6 Å². The molecule has 4 heterocycles. The Labute approximate surface area is 180 Å². The van der Waals surface area contributed by atoms with Crippen molar-refractivity contribution in [2.24, 2.45) is 0 Å². The van der Waals surface area contributed by atoms with Gasteiger partial charge in [-0.25, -0.2) is 4.98 Å². The largest absolute Gasteiger partial charge is 0.369 e. The third-order valence-corrected chi connectivity index (χ3v) is 6.17. The monoisotopic (exact) mass is 408 g/mol. The molecule has 0 unspecified atom stereocenters. The number of benzene rings is 2. The lowest BCUT2D eigenvalue weighted by molar-refractivity contribution is 0.313. The lowest BCUT2D eigenvalue weighted by Gasteiger charge is -2.34. The van der Waals surface area contributed by atoms with Gasteiger partial charge in [0.25, 0.3) is 0 Å². The fourth-order valence-electron chi connectivity index (χ4n) is 4.33. The molecular formula is C25H24N6. The van der Waals surface area contributed by atoms with Crippen LogP contribution in [-0.2, 0) is 0 Å². The average Bonchev–Trinajstić information content (AvgIpc) is 3.43. The van der Waals surface area contributed by atoms with Crippen LogP contribution in [0.15, 0.2) is 66.9 Å². The van der Waals surface area contributed by atoms with Gasteiger partial charge in [0.2, 0.25) is 0 Å². The number of hydrogen-bond donors (Lipinski definition) is 2. The molecule has 6 heteroatoms. The van der Waals surface area contributed by atoms with Crippen molar-refractivity contribution < 1.29 is 0 Å². The van der Waals surface area contributed by atoms with Gasteiger partial charge in [0.15, 0.2) is 5.82 Å². The summed E-state index contributed by atoms with van der Waals surface area (Å²) < 4.78 is 0. The first-order valence-corrected chi connectivity index (χ1v) is 10.7. The second-order valence-electron chi connectivity index (χ2n) is 8.28. The van der Waals surface area contributed by atoms with Gasteiger partial charge in [-0.3, -0.25) is 4.98 Å². The van der Waals surface area contributed by atoms with Gasteiger partial charge in [0, 0.05) is 60.2 Å². The molecule has 0 spiro atoms. The van der Waals surface area contributed by atoms with Gasteiger partial charge in [0.1, 0.15) is 5.69 Å². The number of aromatic nitrogens is 4. The predicted octanol–water partition coefficient (Wildman–Crippen LogP) is 4.53. The van der Waals surface area contributed by atoms with Crippen LogP contribution in [0.3, 0.4) is 0 Å². The van der Waals surface area contributed by atoms with Crippen molar-refractivity contribution in [1.29, 1.82) is 0 Å². The summed E-state index contributed by atoms with van der Waals surface area (Å²) in [5.74, 6) is 0.793. The number of anilines is 1. The minimum atomic E-state index is 0.793. The van der Waals surface area contributed by atoms with E-state index in [0.717, 1.165) is 60.0 Å². The van der Waals surface area contributed by atoms with E-state index < -0.39 is 0 Å². The molecule has 31 heavy (non-hydrogen) atoms. The van der Waals surface area contributed by atoms with Crippen LogP contribution in [0.5, 0.6) is 0 Å². The predicted molar refractivity (Wildman–Crippen MR) is 126 cm³/mol. The van der Waals surface area contributed by atoms with E-state index in [9.17, 15) is 0 Å². The van der Waals surface area contributed by atoms with Gasteiger partial charge in [-0.1, -0.05) is 18.2 Å². The highest BCUT2D eigenvalue weighted by Crippen LogP contribution is 2.30. The summed E-state index contributed by atoms with van der Waals surface area (Å²) in [4.78, 5) is 21.0. The number of H-pyrrole nitrogens is 2. The molecule has 6 nitrogen and oxygen atoms in total. The first-order chi connectivity index (χ1) is 15.2. The maximum Gasteiger partial charge on any atom is 0.157 e. The zero-order chi connectivity index (χ0) is 20.8. The molecule has 1 aliphatic rings. The molecule has 0 bridgehead atoms. The zero-order valence-electron chi connectivity index (χ0n) is 17.5. The summed E-state index contributed by atoms with van der Waals surface area (Å²) >= 11 is 0. The van der Waals surface area contributed by atoms with E-state index in [1.807, 2.05) is 18.2 Å². The number of imidazole rings is 1. The molecule has 0 amide bonds. The Hall–Kier alpha value is -3.64. The fourth-order valence-corrected chi connectivity index (χ4v) is 4.33. The molecule has 2 N–H and O–H groups in total. The van der Waals surface area contributed by atoms with Crippen molar-refractivity contribution in [2.45, 2.75) is 0 Å². The number of likely N-dealkylation sites (N-methyl/N-ethyl adjacent to an activating group) is 1. The molecule has 154 valence electrons. The normalized spacial score (nSPS) is 15.2. The van der Waals surface area contributed by atoms with Gasteiger partial charge in [-0.15, -0.1) is 0 Å². The molecule has 5 aromatic rings. The average molecular weight is 409 g/mol. The Balaban J connectivity index is 1.33. The lowest BCUT2D eigenvalue weighted by atomic mass is 10.1. The van der Waals surface area contributed by atoms with Crippen molar-refractivity contribution in [3.8, 4) is 22.8 Å². The summed E-state index contributed by atoms with van der Waals surface area (Å²) in [5.41, 5.74) is 7.51. The van der Waals surface area contributed by atoms with E-state index in [4.69, 9.17) is 4.98 Å². The lowest BCUT2D eigenvalue weighted by Crippen LogP contribution is -2.44. The number of piperazine rings is 1. The first-order valence-electron chi connectivity index (χ1n) is 10.7. The summed E-state index contributed by atoms with van der Waals surface area (Å²) in [6.45, 7) is 4.37. The van der Waals surface area contributed by atoms with Crippen molar-refractivity contribution in [1.82, 2.24) is 24.8 Å². The van der Waals surface area contributed by atoms with Gasteiger partial charge in [0.05, 0.1) is 11.0 Å². The van der Waals surface area contributed by atoms with Crippen LogP contribution in [0.2, 0.25) is 0 Å². The van der Waals surface area contributed by atoms with Gasteiger partial charge in [-0.05, 0) is 49.5 Å². The van der Waals surface area contributed by atoms with Crippen LogP contribution in [0.1, 0.15) is 0 Å². The molecular weight excluding hydrogens is 384 g/mol. The Morgan fingerprint density at radius 1 is 0.839 bits per heavy atom. The second kappa shape index (κ2) is 7.25. The van der Waals surface area contributed by atoms with Gasteiger partial charge in [-0.2, -0.15) is 0 Å². The molecule has 2 aromatic carbocycles. The van der Waals surface area contributed by atoms with Crippen molar-refractivity contribution in [3.63, 3.8) is 0 Å². The zero-order valence-corrected chi connectivity index (χ0v) is 17.5. The Bertz CT molecular complexity index is 1360. The van der Waals surface area contributed by atoms with E-state index in [1.54, 1.807) is 6.20 Å².